The van der Waals surface area contributed by atoms with Crippen molar-refractivity contribution in [1.29, 1.82) is 0 Å². The molecule has 0 fully saturated rings. The fourth-order valence-electron chi connectivity index (χ4n) is 2.51. The van der Waals surface area contributed by atoms with Crippen molar-refractivity contribution in [3.63, 3.8) is 0 Å². The summed E-state index contributed by atoms with van der Waals surface area (Å²) < 4.78 is 0. The van der Waals surface area contributed by atoms with Crippen molar-refractivity contribution >= 4 is 10.8 Å². The topological polar surface area (TPSA) is 46.2 Å². The Morgan fingerprint density at radius 3 is 2.39 bits per heavy atom. The maximum Gasteiger partial charge on any atom is 0.0479 e. The highest BCUT2D eigenvalue weighted by Gasteiger charge is 2.23. The maximum atomic E-state index is 9.52. The van der Waals surface area contributed by atoms with E-state index < -0.39 is 0 Å². The number of benzene rings is 2. The van der Waals surface area contributed by atoms with E-state index in [2.05, 4.69) is 38.1 Å². The second-order valence-electron chi connectivity index (χ2n) is 5.18. The molecule has 2 aromatic rings. The molecule has 2 unspecified atom stereocenters. The minimum absolute atomic E-state index is 0.0933. The summed E-state index contributed by atoms with van der Waals surface area (Å²) in [5, 5.41) is 11.9. The van der Waals surface area contributed by atoms with Crippen LogP contribution in [0.1, 0.15) is 25.5 Å². The van der Waals surface area contributed by atoms with Crippen LogP contribution in [0.4, 0.5) is 0 Å². The van der Waals surface area contributed by atoms with Crippen molar-refractivity contribution in [3.05, 3.63) is 48.0 Å². The smallest absolute Gasteiger partial charge is 0.0479 e. The zero-order chi connectivity index (χ0) is 13.1. The quantitative estimate of drug-likeness (QED) is 0.866. The van der Waals surface area contributed by atoms with Crippen molar-refractivity contribution in [1.82, 2.24) is 0 Å². The summed E-state index contributed by atoms with van der Waals surface area (Å²) in [6, 6.07) is 14.3. The fraction of sp³-hybridized carbons (Fsp3) is 0.375. The van der Waals surface area contributed by atoms with E-state index in [1.165, 1.54) is 10.8 Å². The van der Waals surface area contributed by atoms with Crippen LogP contribution < -0.4 is 5.73 Å². The predicted octanol–water partition coefficient (Wildman–Crippen LogP) is 3.10. The minimum atomic E-state index is -0.124. The van der Waals surface area contributed by atoms with E-state index in [1.807, 2.05) is 18.2 Å². The predicted molar refractivity (Wildman–Crippen MR) is 76.3 cm³/mol. The van der Waals surface area contributed by atoms with Gasteiger partial charge in [0.25, 0.3) is 0 Å². The summed E-state index contributed by atoms with van der Waals surface area (Å²) in [4.78, 5) is 0. The largest absolute Gasteiger partial charge is 0.396 e. The van der Waals surface area contributed by atoms with E-state index in [4.69, 9.17) is 5.73 Å². The molecule has 3 N–H and O–H groups in total. The highest BCUT2D eigenvalue weighted by Crippen LogP contribution is 2.30. The van der Waals surface area contributed by atoms with Gasteiger partial charge < -0.3 is 10.8 Å². The molecular weight excluding hydrogens is 222 g/mol. The molecule has 0 bridgehead atoms. The van der Waals surface area contributed by atoms with Crippen LogP contribution in [0.25, 0.3) is 10.8 Å². The first-order chi connectivity index (χ1) is 8.65. The number of fused-ring (bicyclic) bond motifs is 1. The monoisotopic (exact) mass is 243 g/mol. The van der Waals surface area contributed by atoms with Gasteiger partial charge in [-0.15, -0.1) is 0 Å². The standard InChI is InChI=1S/C16H21NO/c1-11(2)15(10-18)16(17)14-9-5-7-12-6-3-4-8-13(12)14/h3-9,11,15-16,18H,10,17H2,1-2H3. The summed E-state index contributed by atoms with van der Waals surface area (Å²) >= 11 is 0. The van der Waals surface area contributed by atoms with E-state index >= 15 is 0 Å². The second kappa shape index (κ2) is 5.51. The molecule has 0 aliphatic heterocycles. The van der Waals surface area contributed by atoms with E-state index in [9.17, 15) is 5.11 Å². The molecule has 0 aliphatic rings. The molecular formula is C16H21NO. The Hall–Kier alpha value is -1.38. The molecule has 2 heteroatoms. The van der Waals surface area contributed by atoms with E-state index in [0.29, 0.717) is 5.92 Å². The first kappa shape index (κ1) is 13.1. The van der Waals surface area contributed by atoms with Gasteiger partial charge in [-0.2, -0.15) is 0 Å². The van der Waals surface area contributed by atoms with Crippen LogP contribution in [0.3, 0.4) is 0 Å². The summed E-state index contributed by atoms with van der Waals surface area (Å²) in [5.74, 6) is 0.458. The van der Waals surface area contributed by atoms with Crippen molar-refractivity contribution in [2.45, 2.75) is 19.9 Å². The fourth-order valence-corrected chi connectivity index (χ4v) is 2.51. The van der Waals surface area contributed by atoms with E-state index in [1.54, 1.807) is 0 Å². The molecule has 0 saturated heterocycles. The van der Waals surface area contributed by atoms with Crippen LogP contribution >= 0.6 is 0 Å². The summed E-state index contributed by atoms with van der Waals surface area (Å²) in [5.41, 5.74) is 7.48. The van der Waals surface area contributed by atoms with Gasteiger partial charge in [-0.1, -0.05) is 56.3 Å². The Labute approximate surface area is 108 Å². The Morgan fingerprint density at radius 1 is 1.06 bits per heavy atom. The molecule has 0 spiro atoms. The second-order valence-corrected chi connectivity index (χ2v) is 5.18. The van der Waals surface area contributed by atoms with Crippen molar-refractivity contribution < 1.29 is 5.11 Å². The average Bonchev–Trinajstić information content (AvgIpc) is 2.38. The third-order valence-electron chi connectivity index (χ3n) is 3.71. The zero-order valence-electron chi connectivity index (χ0n) is 11.0. The van der Waals surface area contributed by atoms with Gasteiger partial charge in [-0.25, -0.2) is 0 Å². The number of aliphatic hydroxyl groups is 1. The third-order valence-corrected chi connectivity index (χ3v) is 3.71. The summed E-state index contributed by atoms with van der Waals surface area (Å²) in [7, 11) is 0. The molecule has 0 heterocycles. The van der Waals surface area contributed by atoms with Crippen LogP contribution in [0.2, 0.25) is 0 Å². The molecule has 18 heavy (non-hydrogen) atoms. The first-order valence-electron chi connectivity index (χ1n) is 6.49. The van der Waals surface area contributed by atoms with Gasteiger partial charge in [0.1, 0.15) is 0 Å². The molecule has 2 aromatic carbocycles. The highest BCUT2D eigenvalue weighted by molar-refractivity contribution is 5.86. The lowest BCUT2D eigenvalue weighted by atomic mass is 9.84. The van der Waals surface area contributed by atoms with Crippen LogP contribution in [-0.2, 0) is 0 Å². The van der Waals surface area contributed by atoms with Gasteiger partial charge in [-0.05, 0) is 22.3 Å². The first-order valence-corrected chi connectivity index (χ1v) is 6.49. The Morgan fingerprint density at radius 2 is 1.72 bits per heavy atom. The molecule has 2 nitrogen and oxygen atoms in total. The van der Waals surface area contributed by atoms with Gasteiger partial charge in [0, 0.05) is 18.6 Å². The van der Waals surface area contributed by atoms with Crippen LogP contribution in [0.15, 0.2) is 42.5 Å². The Kier molecular flexibility index (Phi) is 4.00. The molecule has 0 aromatic heterocycles. The van der Waals surface area contributed by atoms with Crippen molar-refractivity contribution in [2.24, 2.45) is 17.6 Å². The molecule has 2 rings (SSSR count). The lowest BCUT2D eigenvalue weighted by Gasteiger charge is -2.26. The number of nitrogens with two attached hydrogens (primary N) is 1. The number of rotatable bonds is 4. The molecule has 96 valence electrons. The van der Waals surface area contributed by atoms with Gasteiger partial charge in [0.15, 0.2) is 0 Å². The zero-order valence-corrected chi connectivity index (χ0v) is 11.0. The molecule has 0 radical (unpaired) electrons. The third kappa shape index (κ3) is 2.40. The maximum absolute atomic E-state index is 9.52. The Bertz CT molecular complexity index is 516. The van der Waals surface area contributed by atoms with Crippen LogP contribution in [0.5, 0.6) is 0 Å². The lowest BCUT2D eigenvalue weighted by molar-refractivity contribution is 0.166. The molecule has 2 atom stereocenters. The van der Waals surface area contributed by atoms with Crippen molar-refractivity contribution in [2.75, 3.05) is 6.61 Å². The van der Waals surface area contributed by atoms with Gasteiger partial charge in [0.2, 0.25) is 0 Å². The van der Waals surface area contributed by atoms with Crippen LogP contribution in [0, 0.1) is 11.8 Å². The van der Waals surface area contributed by atoms with E-state index in [0.717, 1.165) is 5.56 Å². The number of hydrogen-bond donors (Lipinski definition) is 2. The van der Waals surface area contributed by atoms with Gasteiger partial charge in [-0.3, -0.25) is 0 Å². The highest BCUT2D eigenvalue weighted by atomic mass is 16.3. The average molecular weight is 243 g/mol. The molecule has 0 aliphatic carbocycles. The summed E-state index contributed by atoms with van der Waals surface area (Å²) in [6.45, 7) is 4.33. The summed E-state index contributed by atoms with van der Waals surface area (Å²) in [6.07, 6.45) is 0. The molecule has 0 amide bonds. The Balaban J connectivity index is 2.47. The number of aliphatic hydroxyl groups excluding tert-OH is 1. The minimum Gasteiger partial charge on any atom is -0.396 e. The van der Waals surface area contributed by atoms with Crippen molar-refractivity contribution in [3.8, 4) is 0 Å². The van der Waals surface area contributed by atoms with Gasteiger partial charge >= 0.3 is 0 Å². The SMILES string of the molecule is CC(C)C(CO)C(N)c1cccc2ccccc12. The number of hydrogen-bond acceptors (Lipinski definition) is 2. The van der Waals surface area contributed by atoms with E-state index in [-0.39, 0.29) is 18.6 Å². The van der Waals surface area contributed by atoms with Gasteiger partial charge in [0.05, 0.1) is 0 Å². The molecule has 0 saturated carbocycles. The lowest BCUT2D eigenvalue weighted by Crippen LogP contribution is -2.28. The normalized spacial score (nSPS) is 14.9. The van der Waals surface area contributed by atoms with Crippen LogP contribution in [-0.4, -0.2) is 11.7 Å².